The van der Waals surface area contributed by atoms with Crippen LogP contribution in [0.25, 0.3) is 0 Å². The third-order valence-electron chi connectivity index (χ3n) is 3.44. The number of Topliss-reactive ketones (excluding diaryl/α,β-unsaturated/α-hetero) is 1. The first kappa shape index (κ1) is 13.0. The van der Waals surface area contributed by atoms with E-state index in [1.54, 1.807) is 0 Å². The second kappa shape index (κ2) is 5.96. The maximum atomic E-state index is 12.0. The molecule has 0 spiro atoms. The van der Waals surface area contributed by atoms with Crippen molar-refractivity contribution in [2.45, 2.75) is 25.2 Å². The van der Waals surface area contributed by atoms with Gasteiger partial charge in [-0.15, -0.1) is 0 Å². The second-order valence-electron chi connectivity index (χ2n) is 4.90. The summed E-state index contributed by atoms with van der Waals surface area (Å²) in [6.45, 7) is 1.41. The maximum absolute atomic E-state index is 12.0. The molecule has 0 saturated carbocycles. The van der Waals surface area contributed by atoms with Gasteiger partial charge in [0.2, 0.25) is 5.89 Å². The summed E-state index contributed by atoms with van der Waals surface area (Å²) < 4.78 is 10.5. The molecule has 2 heterocycles. The molecule has 1 aliphatic rings. The lowest BCUT2D eigenvalue weighted by Gasteiger charge is -1.98. The molecule has 0 N–H and O–H groups in total. The van der Waals surface area contributed by atoms with Crippen LogP contribution in [0.5, 0.6) is 0 Å². The summed E-state index contributed by atoms with van der Waals surface area (Å²) in [6.07, 6.45) is 1.79. The standard InChI is InChI=1S/C15H16N2O3/c18-13(11-4-2-1-3-5-11)6-7-14-16-15(17-20-14)12-8-9-19-10-12/h1-5,12H,6-10H2. The quantitative estimate of drug-likeness (QED) is 0.782. The number of hydrogen-bond acceptors (Lipinski definition) is 5. The van der Waals surface area contributed by atoms with Gasteiger partial charge in [-0.2, -0.15) is 4.98 Å². The zero-order chi connectivity index (χ0) is 13.8. The van der Waals surface area contributed by atoms with Crippen molar-refractivity contribution in [2.24, 2.45) is 0 Å². The van der Waals surface area contributed by atoms with Crippen LogP contribution in [0.4, 0.5) is 0 Å². The van der Waals surface area contributed by atoms with Gasteiger partial charge in [0.05, 0.1) is 6.61 Å². The zero-order valence-corrected chi connectivity index (χ0v) is 11.1. The molecule has 0 amide bonds. The van der Waals surface area contributed by atoms with Crippen molar-refractivity contribution in [3.05, 3.63) is 47.6 Å². The lowest BCUT2D eigenvalue weighted by molar-refractivity contribution is 0.0979. The van der Waals surface area contributed by atoms with Crippen molar-refractivity contribution in [3.63, 3.8) is 0 Å². The highest BCUT2D eigenvalue weighted by molar-refractivity contribution is 5.96. The highest BCUT2D eigenvalue weighted by atomic mass is 16.5. The fraction of sp³-hybridized carbons (Fsp3) is 0.400. The average Bonchev–Trinajstić information content (AvgIpc) is 3.16. The minimum absolute atomic E-state index is 0.0922. The van der Waals surface area contributed by atoms with Gasteiger partial charge in [0.25, 0.3) is 0 Å². The summed E-state index contributed by atoms with van der Waals surface area (Å²) in [7, 11) is 0. The van der Waals surface area contributed by atoms with E-state index in [4.69, 9.17) is 9.26 Å². The first-order chi connectivity index (χ1) is 9.83. The fourth-order valence-corrected chi connectivity index (χ4v) is 2.26. The van der Waals surface area contributed by atoms with Gasteiger partial charge in [-0.25, -0.2) is 0 Å². The van der Waals surface area contributed by atoms with Gasteiger partial charge in [0.15, 0.2) is 11.6 Å². The Kier molecular flexibility index (Phi) is 3.87. The molecule has 1 unspecified atom stereocenters. The minimum atomic E-state index is 0.0922. The van der Waals surface area contributed by atoms with Gasteiger partial charge in [0, 0.05) is 30.9 Å². The largest absolute Gasteiger partial charge is 0.381 e. The molecule has 1 atom stereocenters. The van der Waals surface area contributed by atoms with E-state index in [0.29, 0.717) is 31.2 Å². The number of hydrogen-bond donors (Lipinski definition) is 0. The number of carbonyl (C=O) groups is 1. The molecule has 0 bridgehead atoms. The summed E-state index contributed by atoms with van der Waals surface area (Å²) in [5, 5.41) is 3.97. The van der Waals surface area contributed by atoms with Gasteiger partial charge in [-0.05, 0) is 6.42 Å². The van der Waals surface area contributed by atoms with E-state index in [9.17, 15) is 4.79 Å². The highest BCUT2D eigenvalue weighted by Gasteiger charge is 2.23. The van der Waals surface area contributed by atoms with E-state index in [-0.39, 0.29) is 11.7 Å². The van der Waals surface area contributed by atoms with Crippen molar-refractivity contribution >= 4 is 5.78 Å². The van der Waals surface area contributed by atoms with Crippen LogP contribution in [0.2, 0.25) is 0 Å². The Bertz CT molecular complexity index is 574. The number of nitrogens with zero attached hydrogens (tertiary/aromatic N) is 2. The maximum Gasteiger partial charge on any atom is 0.227 e. The van der Waals surface area contributed by atoms with Crippen LogP contribution in [-0.4, -0.2) is 29.1 Å². The molecule has 5 nitrogen and oxygen atoms in total. The van der Waals surface area contributed by atoms with Crippen molar-refractivity contribution in [1.82, 2.24) is 10.1 Å². The Morgan fingerprint density at radius 3 is 2.90 bits per heavy atom. The number of aromatic nitrogens is 2. The fourth-order valence-electron chi connectivity index (χ4n) is 2.26. The number of carbonyl (C=O) groups excluding carboxylic acids is 1. The van der Waals surface area contributed by atoms with Gasteiger partial charge in [-0.1, -0.05) is 35.5 Å². The molecule has 2 aromatic rings. The van der Waals surface area contributed by atoms with Crippen molar-refractivity contribution in [2.75, 3.05) is 13.2 Å². The first-order valence-electron chi connectivity index (χ1n) is 6.81. The molecular formula is C15H16N2O3. The minimum Gasteiger partial charge on any atom is -0.381 e. The third-order valence-corrected chi connectivity index (χ3v) is 3.44. The van der Waals surface area contributed by atoms with Crippen LogP contribution in [0.3, 0.4) is 0 Å². The molecule has 1 aliphatic heterocycles. The van der Waals surface area contributed by atoms with Gasteiger partial charge in [0.1, 0.15) is 0 Å². The van der Waals surface area contributed by atoms with Crippen LogP contribution in [0.15, 0.2) is 34.9 Å². The third kappa shape index (κ3) is 2.93. The Hall–Kier alpha value is -2.01. The topological polar surface area (TPSA) is 65.2 Å². The summed E-state index contributed by atoms with van der Waals surface area (Å²) in [6, 6.07) is 9.25. The summed E-state index contributed by atoms with van der Waals surface area (Å²) >= 11 is 0. The Labute approximate surface area is 116 Å². The van der Waals surface area contributed by atoms with Crippen LogP contribution in [-0.2, 0) is 11.2 Å². The number of aryl methyl sites for hydroxylation is 1. The van der Waals surface area contributed by atoms with Crippen LogP contribution in [0, 0.1) is 0 Å². The molecule has 1 aromatic carbocycles. The van der Waals surface area contributed by atoms with Gasteiger partial charge < -0.3 is 9.26 Å². The van der Waals surface area contributed by atoms with E-state index in [1.165, 1.54) is 0 Å². The smallest absolute Gasteiger partial charge is 0.227 e. The summed E-state index contributed by atoms with van der Waals surface area (Å²) in [4.78, 5) is 16.3. The summed E-state index contributed by atoms with van der Waals surface area (Å²) in [5.74, 6) is 1.55. The molecule has 104 valence electrons. The second-order valence-corrected chi connectivity index (χ2v) is 4.90. The average molecular weight is 272 g/mol. The SMILES string of the molecule is O=C(CCc1nc(C2CCOC2)no1)c1ccccc1. The van der Waals surface area contributed by atoms with Crippen molar-refractivity contribution in [1.29, 1.82) is 0 Å². The highest BCUT2D eigenvalue weighted by Crippen LogP contribution is 2.22. The summed E-state index contributed by atoms with van der Waals surface area (Å²) in [5.41, 5.74) is 0.719. The lowest BCUT2D eigenvalue weighted by atomic mass is 10.1. The van der Waals surface area contributed by atoms with Crippen molar-refractivity contribution < 1.29 is 14.1 Å². The van der Waals surface area contributed by atoms with Crippen molar-refractivity contribution in [3.8, 4) is 0 Å². The first-order valence-corrected chi connectivity index (χ1v) is 6.81. The van der Waals surface area contributed by atoms with E-state index >= 15 is 0 Å². The molecule has 1 aromatic heterocycles. The van der Waals surface area contributed by atoms with Crippen LogP contribution >= 0.6 is 0 Å². The van der Waals surface area contributed by atoms with E-state index in [0.717, 1.165) is 18.6 Å². The number of ketones is 1. The molecular weight excluding hydrogens is 256 g/mol. The molecule has 20 heavy (non-hydrogen) atoms. The number of rotatable bonds is 5. The number of ether oxygens (including phenoxy) is 1. The molecule has 0 radical (unpaired) electrons. The lowest BCUT2D eigenvalue weighted by Crippen LogP contribution is -2.02. The monoisotopic (exact) mass is 272 g/mol. The Morgan fingerprint density at radius 1 is 1.30 bits per heavy atom. The van der Waals surface area contributed by atoms with E-state index in [2.05, 4.69) is 10.1 Å². The van der Waals surface area contributed by atoms with E-state index < -0.39 is 0 Å². The Morgan fingerprint density at radius 2 is 2.15 bits per heavy atom. The van der Waals surface area contributed by atoms with Gasteiger partial charge in [-0.3, -0.25) is 4.79 Å². The van der Waals surface area contributed by atoms with Gasteiger partial charge >= 0.3 is 0 Å². The normalized spacial score (nSPS) is 18.3. The molecule has 1 fully saturated rings. The molecule has 5 heteroatoms. The predicted octanol–water partition coefficient (Wildman–Crippen LogP) is 2.39. The molecule has 3 rings (SSSR count). The zero-order valence-electron chi connectivity index (χ0n) is 11.1. The predicted molar refractivity (Wildman–Crippen MR) is 71.6 cm³/mol. The van der Waals surface area contributed by atoms with Crippen LogP contribution in [0.1, 0.15) is 40.8 Å². The van der Waals surface area contributed by atoms with Crippen LogP contribution < -0.4 is 0 Å². The Balaban J connectivity index is 1.57. The molecule has 0 aliphatic carbocycles. The molecule has 1 saturated heterocycles. The van der Waals surface area contributed by atoms with E-state index in [1.807, 2.05) is 30.3 Å². The number of benzene rings is 1.